The Hall–Kier alpha value is -1.55. The third-order valence-corrected chi connectivity index (χ3v) is 3.87. The lowest BCUT2D eigenvalue weighted by molar-refractivity contribution is -0.143. The summed E-state index contributed by atoms with van der Waals surface area (Å²) in [6, 6.07) is 6.52. The number of hydrogen-bond acceptors (Lipinski definition) is 4. The van der Waals surface area contributed by atoms with Crippen LogP contribution < -0.4 is 10.2 Å². The molecule has 1 atom stereocenters. The molecule has 116 valence electrons. The van der Waals surface area contributed by atoms with Crippen LogP contribution in [0.5, 0.6) is 0 Å². The molecule has 21 heavy (non-hydrogen) atoms. The van der Waals surface area contributed by atoms with Gasteiger partial charge in [-0.3, -0.25) is 4.79 Å². The second-order valence-corrected chi connectivity index (χ2v) is 6.08. The molecule has 1 aliphatic rings. The molecule has 0 radical (unpaired) electrons. The fourth-order valence-corrected chi connectivity index (χ4v) is 2.95. The van der Waals surface area contributed by atoms with Crippen molar-refractivity contribution in [3.8, 4) is 0 Å². The summed E-state index contributed by atoms with van der Waals surface area (Å²) in [5, 5.41) is 3.30. The maximum atomic E-state index is 12.0. The number of carbonyl (C=O) groups excluding carboxylic acids is 1. The first kappa shape index (κ1) is 15.8. The fourth-order valence-electron chi connectivity index (χ4n) is 2.95. The molecule has 1 N–H and O–H groups in total. The first-order chi connectivity index (χ1) is 10.0. The van der Waals surface area contributed by atoms with Crippen LogP contribution in [0, 0.1) is 6.92 Å². The minimum atomic E-state index is -0.290. The van der Waals surface area contributed by atoms with Crippen molar-refractivity contribution in [2.45, 2.75) is 45.7 Å². The maximum Gasteiger partial charge on any atom is 0.324 e. The van der Waals surface area contributed by atoms with Crippen molar-refractivity contribution in [1.82, 2.24) is 5.32 Å². The number of aryl methyl sites for hydroxylation is 2. The highest BCUT2D eigenvalue weighted by Crippen LogP contribution is 2.28. The molecule has 1 aliphatic heterocycles. The van der Waals surface area contributed by atoms with Gasteiger partial charge in [-0.15, -0.1) is 0 Å². The SMILES string of the molecule is COC(=O)C(CN1CCCc2cc(C)ccc21)NC(C)C. The van der Waals surface area contributed by atoms with E-state index in [1.54, 1.807) is 0 Å². The average Bonchev–Trinajstić information content (AvgIpc) is 2.45. The van der Waals surface area contributed by atoms with Crippen LogP contribution in [-0.4, -0.2) is 38.3 Å². The quantitative estimate of drug-likeness (QED) is 0.845. The van der Waals surface area contributed by atoms with E-state index in [0.29, 0.717) is 6.54 Å². The van der Waals surface area contributed by atoms with Gasteiger partial charge in [0.2, 0.25) is 0 Å². The predicted octanol–water partition coefficient (Wildman–Crippen LogP) is 2.29. The molecule has 0 fully saturated rings. The summed E-state index contributed by atoms with van der Waals surface area (Å²) in [4.78, 5) is 14.3. The lowest BCUT2D eigenvalue weighted by Gasteiger charge is -2.34. The molecule has 0 saturated heterocycles. The highest BCUT2D eigenvalue weighted by atomic mass is 16.5. The van der Waals surface area contributed by atoms with E-state index in [-0.39, 0.29) is 18.1 Å². The highest BCUT2D eigenvalue weighted by Gasteiger charge is 2.25. The Bertz CT molecular complexity index is 500. The topological polar surface area (TPSA) is 41.6 Å². The highest BCUT2D eigenvalue weighted by molar-refractivity contribution is 5.77. The molecule has 4 heteroatoms. The molecule has 1 heterocycles. The number of esters is 1. The van der Waals surface area contributed by atoms with E-state index in [4.69, 9.17) is 4.74 Å². The van der Waals surface area contributed by atoms with Crippen molar-refractivity contribution >= 4 is 11.7 Å². The van der Waals surface area contributed by atoms with Gasteiger partial charge in [0.25, 0.3) is 0 Å². The molecule has 0 bridgehead atoms. The number of benzene rings is 1. The number of hydrogen-bond donors (Lipinski definition) is 1. The Morgan fingerprint density at radius 2 is 2.19 bits per heavy atom. The van der Waals surface area contributed by atoms with Crippen molar-refractivity contribution in [2.24, 2.45) is 0 Å². The minimum absolute atomic E-state index is 0.192. The second-order valence-electron chi connectivity index (χ2n) is 6.08. The number of nitrogens with zero attached hydrogens (tertiary/aromatic N) is 1. The van der Waals surface area contributed by atoms with E-state index < -0.39 is 0 Å². The van der Waals surface area contributed by atoms with Crippen LogP contribution in [0.25, 0.3) is 0 Å². The largest absolute Gasteiger partial charge is 0.468 e. The van der Waals surface area contributed by atoms with Gasteiger partial charge in [-0.1, -0.05) is 31.5 Å². The van der Waals surface area contributed by atoms with Gasteiger partial charge in [-0.05, 0) is 31.4 Å². The van der Waals surface area contributed by atoms with Crippen molar-refractivity contribution in [1.29, 1.82) is 0 Å². The Morgan fingerprint density at radius 1 is 1.43 bits per heavy atom. The second kappa shape index (κ2) is 6.94. The Morgan fingerprint density at radius 3 is 2.86 bits per heavy atom. The Kier molecular flexibility index (Phi) is 5.23. The molecular formula is C17H26N2O2. The van der Waals surface area contributed by atoms with Crippen LogP contribution in [0.3, 0.4) is 0 Å². The number of anilines is 1. The van der Waals surface area contributed by atoms with Crippen LogP contribution in [-0.2, 0) is 16.0 Å². The number of nitrogens with one attached hydrogen (secondary N) is 1. The molecular weight excluding hydrogens is 264 g/mol. The Labute approximate surface area is 127 Å². The molecule has 1 aromatic carbocycles. The van der Waals surface area contributed by atoms with Crippen LogP contribution in [0.15, 0.2) is 18.2 Å². The third kappa shape index (κ3) is 3.97. The van der Waals surface area contributed by atoms with E-state index in [1.807, 2.05) is 13.8 Å². The van der Waals surface area contributed by atoms with E-state index in [2.05, 4.69) is 35.3 Å². The molecule has 1 aromatic rings. The van der Waals surface area contributed by atoms with E-state index in [1.165, 1.54) is 23.9 Å². The number of carbonyl (C=O) groups is 1. The molecule has 1 unspecified atom stereocenters. The first-order valence-electron chi connectivity index (χ1n) is 7.69. The van der Waals surface area contributed by atoms with Crippen molar-refractivity contribution in [3.05, 3.63) is 29.3 Å². The number of ether oxygens (including phenoxy) is 1. The normalized spacial score (nSPS) is 15.8. The Balaban J connectivity index is 2.16. The van der Waals surface area contributed by atoms with Crippen LogP contribution in [0.1, 0.15) is 31.4 Å². The minimum Gasteiger partial charge on any atom is -0.468 e. The van der Waals surface area contributed by atoms with Gasteiger partial charge in [0.1, 0.15) is 6.04 Å². The number of rotatable bonds is 5. The summed E-state index contributed by atoms with van der Waals surface area (Å²) in [5.74, 6) is -0.192. The molecule has 4 nitrogen and oxygen atoms in total. The summed E-state index contributed by atoms with van der Waals surface area (Å²) in [7, 11) is 1.45. The van der Waals surface area contributed by atoms with Gasteiger partial charge in [-0.2, -0.15) is 0 Å². The lowest BCUT2D eigenvalue weighted by Crippen LogP contribution is -2.50. The van der Waals surface area contributed by atoms with E-state index in [9.17, 15) is 4.79 Å². The van der Waals surface area contributed by atoms with Gasteiger partial charge in [0.05, 0.1) is 7.11 Å². The summed E-state index contributed by atoms with van der Waals surface area (Å²) < 4.78 is 4.93. The van der Waals surface area contributed by atoms with Crippen LogP contribution in [0.4, 0.5) is 5.69 Å². The van der Waals surface area contributed by atoms with Gasteiger partial charge in [0.15, 0.2) is 0 Å². The zero-order valence-corrected chi connectivity index (χ0v) is 13.5. The lowest BCUT2D eigenvalue weighted by atomic mass is 9.99. The maximum absolute atomic E-state index is 12.0. The van der Waals surface area contributed by atoms with Crippen molar-refractivity contribution in [2.75, 3.05) is 25.1 Å². The third-order valence-electron chi connectivity index (χ3n) is 3.87. The monoisotopic (exact) mass is 290 g/mol. The molecule has 0 amide bonds. The molecule has 0 spiro atoms. The molecule has 0 aromatic heterocycles. The summed E-state index contributed by atoms with van der Waals surface area (Å²) >= 11 is 0. The molecule has 0 saturated carbocycles. The zero-order valence-electron chi connectivity index (χ0n) is 13.5. The fraction of sp³-hybridized carbons (Fsp3) is 0.588. The number of fused-ring (bicyclic) bond motifs is 1. The summed E-state index contributed by atoms with van der Waals surface area (Å²) in [5.41, 5.74) is 3.93. The van der Waals surface area contributed by atoms with Gasteiger partial charge >= 0.3 is 5.97 Å². The summed E-state index contributed by atoms with van der Waals surface area (Å²) in [6.07, 6.45) is 2.25. The molecule has 2 rings (SSSR count). The number of methoxy groups -OCH3 is 1. The average molecular weight is 290 g/mol. The van der Waals surface area contributed by atoms with Gasteiger partial charge < -0.3 is 15.0 Å². The van der Waals surface area contributed by atoms with Crippen LogP contribution in [0.2, 0.25) is 0 Å². The van der Waals surface area contributed by atoms with Crippen molar-refractivity contribution < 1.29 is 9.53 Å². The van der Waals surface area contributed by atoms with E-state index in [0.717, 1.165) is 19.4 Å². The smallest absolute Gasteiger partial charge is 0.324 e. The summed E-state index contributed by atoms with van der Waals surface area (Å²) in [6.45, 7) is 7.86. The van der Waals surface area contributed by atoms with Gasteiger partial charge in [0, 0.05) is 24.8 Å². The standard InChI is InChI=1S/C17H26N2O2/c1-12(2)18-15(17(20)21-4)11-19-9-5-6-14-10-13(3)7-8-16(14)19/h7-8,10,12,15,18H,5-6,9,11H2,1-4H3. The molecule has 0 aliphatic carbocycles. The zero-order chi connectivity index (χ0) is 15.4. The first-order valence-corrected chi connectivity index (χ1v) is 7.69. The van der Waals surface area contributed by atoms with Crippen molar-refractivity contribution in [3.63, 3.8) is 0 Å². The predicted molar refractivity (Wildman–Crippen MR) is 85.8 cm³/mol. The van der Waals surface area contributed by atoms with Gasteiger partial charge in [-0.25, -0.2) is 0 Å². The van der Waals surface area contributed by atoms with E-state index >= 15 is 0 Å². The van der Waals surface area contributed by atoms with Crippen LogP contribution >= 0.6 is 0 Å².